The van der Waals surface area contributed by atoms with Crippen molar-refractivity contribution in [2.45, 2.75) is 19.3 Å². The highest BCUT2D eigenvalue weighted by molar-refractivity contribution is 7.07. The van der Waals surface area contributed by atoms with Gasteiger partial charge in [-0.2, -0.15) is 0 Å². The van der Waals surface area contributed by atoms with Crippen LogP contribution in [0.1, 0.15) is 17.7 Å². The molecule has 0 bridgehead atoms. The van der Waals surface area contributed by atoms with E-state index in [4.69, 9.17) is 0 Å². The molecule has 0 aliphatic rings. The molecule has 0 radical (unpaired) electrons. The van der Waals surface area contributed by atoms with Gasteiger partial charge in [0.1, 0.15) is 0 Å². The first-order chi connectivity index (χ1) is 6.95. The van der Waals surface area contributed by atoms with E-state index in [0.29, 0.717) is 0 Å². The van der Waals surface area contributed by atoms with Crippen LogP contribution in [0.4, 0.5) is 0 Å². The van der Waals surface area contributed by atoms with Gasteiger partial charge in [0.2, 0.25) is 0 Å². The van der Waals surface area contributed by atoms with Gasteiger partial charge in [0, 0.05) is 17.8 Å². The standard InChI is InChI=1S/C11H12N2S/c1(5-11-8-14-9-13-11)3-10-4-2-6-12-7-10/h2,4,6-9H,1,3,5H2. The molecule has 2 aromatic heterocycles. The third kappa shape index (κ3) is 2.64. The van der Waals surface area contributed by atoms with E-state index in [0.717, 1.165) is 19.3 Å². The van der Waals surface area contributed by atoms with E-state index in [2.05, 4.69) is 21.4 Å². The van der Waals surface area contributed by atoms with Gasteiger partial charge in [-0.3, -0.25) is 4.98 Å². The average Bonchev–Trinajstić information content (AvgIpc) is 2.72. The number of aromatic nitrogens is 2. The van der Waals surface area contributed by atoms with Crippen LogP contribution in [0.5, 0.6) is 0 Å². The molecule has 0 unspecified atom stereocenters. The van der Waals surface area contributed by atoms with Crippen molar-refractivity contribution in [2.75, 3.05) is 0 Å². The van der Waals surface area contributed by atoms with E-state index in [1.54, 1.807) is 11.3 Å². The molecule has 0 aliphatic carbocycles. The fourth-order valence-corrected chi connectivity index (χ4v) is 1.97. The van der Waals surface area contributed by atoms with E-state index in [1.807, 2.05) is 24.0 Å². The number of aryl methyl sites for hydroxylation is 2. The first-order valence-electron chi connectivity index (χ1n) is 4.71. The van der Waals surface area contributed by atoms with E-state index in [-0.39, 0.29) is 0 Å². The lowest BCUT2D eigenvalue weighted by Crippen LogP contribution is -1.90. The summed E-state index contributed by atoms with van der Waals surface area (Å²) in [5.41, 5.74) is 4.40. The highest BCUT2D eigenvalue weighted by Gasteiger charge is 1.96. The smallest absolute Gasteiger partial charge is 0.0794 e. The lowest BCUT2D eigenvalue weighted by molar-refractivity contribution is 0.801. The zero-order valence-electron chi connectivity index (χ0n) is 7.89. The maximum Gasteiger partial charge on any atom is 0.0794 e. The van der Waals surface area contributed by atoms with Crippen LogP contribution in [0.25, 0.3) is 0 Å². The summed E-state index contributed by atoms with van der Waals surface area (Å²) in [7, 11) is 0. The first kappa shape index (κ1) is 9.34. The summed E-state index contributed by atoms with van der Waals surface area (Å²) >= 11 is 1.66. The van der Waals surface area contributed by atoms with Crippen LogP contribution >= 0.6 is 11.3 Å². The Morgan fingerprint density at radius 2 is 2.29 bits per heavy atom. The molecule has 2 nitrogen and oxygen atoms in total. The number of thiazole rings is 1. The minimum absolute atomic E-state index is 1.07. The van der Waals surface area contributed by atoms with Gasteiger partial charge in [0.25, 0.3) is 0 Å². The number of pyridine rings is 1. The molecular weight excluding hydrogens is 192 g/mol. The predicted molar refractivity (Wildman–Crippen MR) is 58.4 cm³/mol. The molecular formula is C11H12N2S. The zero-order chi connectivity index (χ0) is 9.64. The second kappa shape index (κ2) is 4.86. The topological polar surface area (TPSA) is 25.8 Å². The second-order valence-electron chi connectivity index (χ2n) is 3.19. The van der Waals surface area contributed by atoms with Crippen molar-refractivity contribution < 1.29 is 0 Å². The van der Waals surface area contributed by atoms with Crippen LogP contribution in [-0.2, 0) is 12.8 Å². The lowest BCUT2D eigenvalue weighted by atomic mass is 10.1. The van der Waals surface area contributed by atoms with Crippen molar-refractivity contribution in [2.24, 2.45) is 0 Å². The molecule has 2 aromatic rings. The summed E-state index contributed by atoms with van der Waals surface area (Å²) in [6.07, 6.45) is 7.05. The molecule has 14 heavy (non-hydrogen) atoms. The minimum atomic E-state index is 1.07. The number of rotatable bonds is 4. The van der Waals surface area contributed by atoms with Crippen LogP contribution < -0.4 is 0 Å². The molecule has 0 atom stereocenters. The summed E-state index contributed by atoms with van der Waals surface area (Å²) in [6.45, 7) is 0. The fraction of sp³-hybridized carbons (Fsp3) is 0.273. The monoisotopic (exact) mass is 204 g/mol. The zero-order valence-corrected chi connectivity index (χ0v) is 8.70. The molecule has 0 fully saturated rings. The third-order valence-electron chi connectivity index (χ3n) is 2.10. The van der Waals surface area contributed by atoms with Crippen LogP contribution in [0.15, 0.2) is 35.4 Å². The Labute approximate surface area is 87.7 Å². The molecule has 2 heterocycles. The molecule has 0 amide bonds. The van der Waals surface area contributed by atoms with Crippen LogP contribution in [0, 0.1) is 0 Å². The van der Waals surface area contributed by atoms with Gasteiger partial charge < -0.3 is 0 Å². The summed E-state index contributed by atoms with van der Waals surface area (Å²) < 4.78 is 0. The van der Waals surface area contributed by atoms with E-state index < -0.39 is 0 Å². The molecule has 0 aromatic carbocycles. The lowest BCUT2D eigenvalue weighted by Gasteiger charge is -1.98. The Balaban J connectivity index is 1.79. The van der Waals surface area contributed by atoms with Gasteiger partial charge in [0.05, 0.1) is 11.2 Å². The molecule has 0 N–H and O–H groups in total. The van der Waals surface area contributed by atoms with Crippen molar-refractivity contribution in [1.29, 1.82) is 0 Å². The number of hydrogen-bond acceptors (Lipinski definition) is 3. The normalized spacial score (nSPS) is 10.3. The van der Waals surface area contributed by atoms with Crippen molar-refractivity contribution >= 4 is 11.3 Å². The van der Waals surface area contributed by atoms with Crippen molar-refractivity contribution in [3.8, 4) is 0 Å². The highest BCUT2D eigenvalue weighted by Crippen LogP contribution is 2.07. The Morgan fingerprint density at radius 3 is 3.00 bits per heavy atom. The van der Waals surface area contributed by atoms with E-state index >= 15 is 0 Å². The Morgan fingerprint density at radius 1 is 1.29 bits per heavy atom. The third-order valence-corrected chi connectivity index (χ3v) is 2.74. The summed E-state index contributed by atoms with van der Waals surface area (Å²) in [6, 6.07) is 4.10. The summed E-state index contributed by atoms with van der Waals surface area (Å²) in [5, 5.41) is 2.11. The van der Waals surface area contributed by atoms with E-state index in [1.165, 1.54) is 11.3 Å². The minimum Gasteiger partial charge on any atom is -0.264 e. The van der Waals surface area contributed by atoms with Crippen molar-refractivity contribution in [3.05, 3.63) is 46.7 Å². The van der Waals surface area contributed by atoms with Gasteiger partial charge in [-0.1, -0.05) is 6.07 Å². The van der Waals surface area contributed by atoms with Gasteiger partial charge >= 0.3 is 0 Å². The largest absolute Gasteiger partial charge is 0.264 e. The SMILES string of the molecule is c1cncc(CCCc2cscn2)c1. The highest BCUT2D eigenvalue weighted by atomic mass is 32.1. The van der Waals surface area contributed by atoms with Crippen LogP contribution in [0.3, 0.4) is 0 Å². The number of hydrogen-bond donors (Lipinski definition) is 0. The molecule has 0 aliphatic heterocycles. The number of nitrogens with zero attached hydrogens (tertiary/aromatic N) is 2. The molecule has 0 saturated heterocycles. The average molecular weight is 204 g/mol. The van der Waals surface area contributed by atoms with Gasteiger partial charge in [-0.25, -0.2) is 4.98 Å². The van der Waals surface area contributed by atoms with Gasteiger partial charge in [-0.05, 0) is 30.9 Å². The second-order valence-corrected chi connectivity index (χ2v) is 3.91. The maximum absolute atomic E-state index is 4.25. The van der Waals surface area contributed by atoms with Crippen molar-refractivity contribution in [3.63, 3.8) is 0 Å². The van der Waals surface area contributed by atoms with Gasteiger partial charge in [-0.15, -0.1) is 11.3 Å². The Hall–Kier alpha value is -1.22. The maximum atomic E-state index is 4.25. The van der Waals surface area contributed by atoms with Gasteiger partial charge in [0.15, 0.2) is 0 Å². The first-order valence-corrected chi connectivity index (χ1v) is 5.65. The Kier molecular flexibility index (Phi) is 3.24. The molecule has 3 heteroatoms. The van der Waals surface area contributed by atoms with Crippen LogP contribution in [0.2, 0.25) is 0 Å². The fourth-order valence-electron chi connectivity index (χ4n) is 1.38. The summed E-state index contributed by atoms with van der Waals surface area (Å²) in [5.74, 6) is 0. The quantitative estimate of drug-likeness (QED) is 0.765. The molecule has 0 spiro atoms. The summed E-state index contributed by atoms with van der Waals surface area (Å²) in [4.78, 5) is 8.34. The van der Waals surface area contributed by atoms with E-state index in [9.17, 15) is 0 Å². The predicted octanol–water partition coefficient (Wildman–Crippen LogP) is 2.71. The van der Waals surface area contributed by atoms with Crippen LogP contribution in [-0.4, -0.2) is 9.97 Å². The Bertz CT molecular complexity index is 356. The molecule has 72 valence electrons. The molecule has 0 saturated carbocycles. The van der Waals surface area contributed by atoms with Crippen molar-refractivity contribution in [1.82, 2.24) is 9.97 Å². The molecule has 2 rings (SSSR count).